The average Bonchev–Trinajstić information content (AvgIpc) is 3.67. The van der Waals surface area contributed by atoms with E-state index in [1.165, 1.54) is 20.0 Å². The first kappa shape index (κ1) is 23.3. The van der Waals surface area contributed by atoms with Gasteiger partial charge in [-0.2, -0.15) is 0 Å². The summed E-state index contributed by atoms with van der Waals surface area (Å²) in [5, 5.41) is 33.7. The van der Waals surface area contributed by atoms with E-state index >= 15 is 0 Å². The van der Waals surface area contributed by atoms with Gasteiger partial charge in [0, 0.05) is 30.1 Å². The van der Waals surface area contributed by atoms with Gasteiger partial charge in [0.25, 0.3) is 0 Å². The average molecular weight is 489 g/mol. The second-order valence-corrected chi connectivity index (χ2v) is 10.8. The number of rotatable bonds is 6. The number of likely N-dealkylation sites (tertiary alicyclic amines) is 1. The van der Waals surface area contributed by atoms with Crippen molar-refractivity contribution in [1.29, 1.82) is 0 Å². The Morgan fingerprint density at radius 3 is 2.72 bits per heavy atom. The molecule has 2 aliphatic carbocycles. The zero-order chi connectivity index (χ0) is 25.0. The minimum Gasteiger partial charge on any atom is -0.504 e. The predicted octanol–water partition coefficient (Wildman–Crippen LogP) is 3.82. The third-order valence-electron chi connectivity index (χ3n) is 8.54. The topological polar surface area (TPSA) is 103 Å². The standard InChI is InChI=1S/C29H32N2O5/c1-36-25-9-8-18(12-24(25)32)13-26-29(35)15-21-23(14-19(29)10-11-31(26)16-17-6-7-17)30-22-5-3-2-4-20(22)27(21)28(33)34/h2-5,8-9,12,17,19,26,32,35H,6-7,10-11,13-16H2,1H3,(H,33,34). The van der Waals surface area contributed by atoms with Crippen molar-refractivity contribution in [3.63, 3.8) is 0 Å². The van der Waals surface area contributed by atoms with Crippen LogP contribution in [-0.2, 0) is 19.3 Å². The van der Waals surface area contributed by atoms with E-state index in [1.807, 2.05) is 24.3 Å². The Morgan fingerprint density at radius 1 is 1.19 bits per heavy atom. The normalized spacial score (nSPS) is 25.8. The fourth-order valence-corrected chi connectivity index (χ4v) is 6.52. The number of phenolic OH excluding ortho intramolecular Hbond substituents is 1. The molecule has 1 saturated carbocycles. The Bertz CT molecular complexity index is 1340. The summed E-state index contributed by atoms with van der Waals surface area (Å²) in [7, 11) is 1.53. The minimum absolute atomic E-state index is 0.00685. The molecule has 1 aromatic heterocycles. The molecule has 0 bridgehead atoms. The molecule has 6 rings (SSSR count). The lowest BCUT2D eigenvalue weighted by Gasteiger charge is -2.54. The number of aromatic nitrogens is 1. The Hall–Kier alpha value is -3.16. The number of fused-ring (bicyclic) bond motifs is 3. The van der Waals surface area contributed by atoms with Crippen molar-refractivity contribution in [2.45, 2.75) is 50.2 Å². The number of pyridine rings is 1. The number of phenols is 1. The van der Waals surface area contributed by atoms with Gasteiger partial charge in [-0.15, -0.1) is 0 Å². The number of carboxylic acids is 1. The highest BCUT2D eigenvalue weighted by Crippen LogP contribution is 2.46. The molecule has 188 valence electrons. The van der Waals surface area contributed by atoms with Crippen molar-refractivity contribution >= 4 is 16.9 Å². The van der Waals surface area contributed by atoms with Crippen LogP contribution in [0, 0.1) is 11.8 Å². The van der Waals surface area contributed by atoms with E-state index < -0.39 is 11.6 Å². The maximum atomic E-state index is 12.5. The maximum absolute atomic E-state index is 12.5. The fraction of sp³-hybridized carbons (Fsp3) is 0.448. The lowest BCUT2D eigenvalue weighted by atomic mass is 9.64. The van der Waals surface area contributed by atoms with Crippen LogP contribution >= 0.6 is 0 Å². The molecular weight excluding hydrogens is 456 g/mol. The quantitative estimate of drug-likeness (QED) is 0.485. The van der Waals surface area contributed by atoms with Crippen molar-refractivity contribution < 1.29 is 24.9 Å². The van der Waals surface area contributed by atoms with Crippen molar-refractivity contribution in [3.8, 4) is 11.5 Å². The summed E-state index contributed by atoms with van der Waals surface area (Å²) in [6.07, 6.45) is 4.69. The van der Waals surface area contributed by atoms with Gasteiger partial charge in [0.05, 0.1) is 23.8 Å². The molecule has 1 saturated heterocycles. The number of carbonyl (C=O) groups is 1. The second kappa shape index (κ2) is 8.75. The highest BCUT2D eigenvalue weighted by Gasteiger charge is 2.53. The molecule has 2 fully saturated rings. The zero-order valence-corrected chi connectivity index (χ0v) is 20.5. The van der Waals surface area contributed by atoms with Gasteiger partial charge in [-0.05, 0) is 79.8 Å². The van der Waals surface area contributed by atoms with Crippen LogP contribution in [0.3, 0.4) is 0 Å². The number of benzene rings is 2. The van der Waals surface area contributed by atoms with Gasteiger partial charge < -0.3 is 20.1 Å². The van der Waals surface area contributed by atoms with Gasteiger partial charge in [0.2, 0.25) is 0 Å². The number of carboxylic acid groups (broad SMARTS) is 1. The Morgan fingerprint density at radius 2 is 2.00 bits per heavy atom. The first-order valence-electron chi connectivity index (χ1n) is 12.8. The minimum atomic E-state index is -1.09. The maximum Gasteiger partial charge on any atom is 0.336 e. The monoisotopic (exact) mass is 488 g/mol. The van der Waals surface area contributed by atoms with E-state index in [9.17, 15) is 20.1 Å². The van der Waals surface area contributed by atoms with Crippen LogP contribution in [0.4, 0.5) is 0 Å². The van der Waals surface area contributed by atoms with E-state index in [-0.39, 0.29) is 29.7 Å². The first-order chi connectivity index (χ1) is 17.4. The SMILES string of the molecule is COc1ccc(CC2N(CC3CC3)CCC3Cc4nc5ccccc5c(C(=O)O)c4CC32O)cc1O. The summed E-state index contributed by atoms with van der Waals surface area (Å²) in [6.45, 7) is 1.83. The van der Waals surface area contributed by atoms with Crippen molar-refractivity contribution in [1.82, 2.24) is 9.88 Å². The summed E-state index contributed by atoms with van der Waals surface area (Å²) in [4.78, 5) is 19.8. The number of aromatic hydroxyl groups is 1. The van der Waals surface area contributed by atoms with Crippen molar-refractivity contribution in [3.05, 3.63) is 64.8 Å². The van der Waals surface area contributed by atoms with Gasteiger partial charge in [0.1, 0.15) is 0 Å². The van der Waals surface area contributed by atoms with Crippen LogP contribution in [0.15, 0.2) is 42.5 Å². The van der Waals surface area contributed by atoms with E-state index in [0.29, 0.717) is 41.0 Å². The summed E-state index contributed by atoms with van der Waals surface area (Å²) in [5.74, 6) is 0.181. The van der Waals surface area contributed by atoms with Crippen LogP contribution < -0.4 is 4.74 Å². The summed E-state index contributed by atoms with van der Waals surface area (Å²) >= 11 is 0. The Labute approximate surface area is 210 Å². The van der Waals surface area contributed by atoms with E-state index in [4.69, 9.17) is 9.72 Å². The molecule has 3 aromatic rings. The van der Waals surface area contributed by atoms with Gasteiger partial charge in [0.15, 0.2) is 11.5 Å². The lowest BCUT2D eigenvalue weighted by molar-refractivity contribution is -0.127. The van der Waals surface area contributed by atoms with Crippen molar-refractivity contribution in [2.75, 3.05) is 20.2 Å². The van der Waals surface area contributed by atoms with Crippen molar-refractivity contribution in [2.24, 2.45) is 11.8 Å². The molecule has 36 heavy (non-hydrogen) atoms. The number of hydrogen-bond acceptors (Lipinski definition) is 6. The second-order valence-electron chi connectivity index (χ2n) is 10.8. The number of nitrogens with zero attached hydrogens (tertiary/aromatic N) is 2. The number of aromatic carboxylic acids is 1. The number of piperidine rings is 1. The molecule has 7 nitrogen and oxygen atoms in total. The van der Waals surface area contributed by atoms with Gasteiger partial charge >= 0.3 is 5.97 Å². The summed E-state index contributed by atoms with van der Waals surface area (Å²) in [6, 6.07) is 12.6. The molecule has 2 aromatic carbocycles. The molecule has 0 radical (unpaired) electrons. The van der Waals surface area contributed by atoms with Crippen LogP contribution in [0.2, 0.25) is 0 Å². The largest absolute Gasteiger partial charge is 0.504 e. The molecule has 7 heteroatoms. The number of aliphatic hydroxyl groups is 1. The number of hydrogen-bond donors (Lipinski definition) is 3. The molecule has 3 atom stereocenters. The highest BCUT2D eigenvalue weighted by molar-refractivity contribution is 6.04. The molecule has 0 spiro atoms. The smallest absolute Gasteiger partial charge is 0.336 e. The third-order valence-corrected chi connectivity index (χ3v) is 8.54. The Kier molecular flexibility index (Phi) is 5.65. The molecule has 3 aliphatic rings. The third kappa shape index (κ3) is 3.91. The number of ether oxygens (including phenoxy) is 1. The van der Waals surface area contributed by atoms with Crippen LogP contribution in [0.25, 0.3) is 10.9 Å². The predicted molar refractivity (Wildman–Crippen MR) is 136 cm³/mol. The van der Waals surface area contributed by atoms with Gasteiger partial charge in [-0.25, -0.2) is 4.79 Å². The summed E-state index contributed by atoms with van der Waals surface area (Å²) in [5.41, 5.74) is 2.25. The summed E-state index contributed by atoms with van der Waals surface area (Å²) < 4.78 is 5.22. The number of methoxy groups -OCH3 is 1. The molecule has 1 aliphatic heterocycles. The van der Waals surface area contributed by atoms with Gasteiger partial charge in [-0.3, -0.25) is 9.88 Å². The molecular formula is C29H32N2O5. The van der Waals surface area contributed by atoms with Crippen LogP contribution in [0.5, 0.6) is 11.5 Å². The van der Waals surface area contributed by atoms with Crippen LogP contribution in [-0.4, -0.2) is 63.0 Å². The highest BCUT2D eigenvalue weighted by atomic mass is 16.5. The zero-order valence-electron chi connectivity index (χ0n) is 20.5. The molecule has 3 N–H and O–H groups in total. The molecule has 3 unspecified atom stereocenters. The molecule has 0 amide bonds. The van der Waals surface area contributed by atoms with E-state index in [2.05, 4.69) is 4.90 Å². The van der Waals surface area contributed by atoms with Crippen LogP contribution in [0.1, 0.15) is 46.4 Å². The number of para-hydroxylation sites is 1. The molecule has 2 heterocycles. The Balaban J connectivity index is 1.43. The first-order valence-corrected chi connectivity index (χ1v) is 12.8. The lowest BCUT2D eigenvalue weighted by Crippen LogP contribution is -2.65. The fourth-order valence-electron chi connectivity index (χ4n) is 6.52. The van der Waals surface area contributed by atoms with E-state index in [1.54, 1.807) is 18.2 Å². The van der Waals surface area contributed by atoms with E-state index in [0.717, 1.165) is 30.8 Å². The van der Waals surface area contributed by atoms with Gasteiger partial charge in [-0.1, -0.05) is 24.3 Å².